The van der Waals surface area contributed by atoms with Gasteiger partial charge in [0.15, 0.2) is 6.19 Å². The Labute approximate surface area is 138 Å². The van der Waals surface area contributed by atoms with Gasteiger partial charge in [0.1, 0.15) is 0 Å². The van der Waals surface area contributed by atoms with E-state index in [1.165, 1.54) is 0 Å². The normalized spacial score (nSPS) is 24.0. The Balaban J connectivity index is 3.04. The number of nitriles is 1. The fraction of sp³-hybridized carbons (Fsp3) is 0.909. The Hall–Kier alpha value is -0.610. The van der Waals surface area contributed by atoms with Crippen LogP contribution in [-0.2, 0) is 0 Å². The lowest BCUT2D eigenvalue weighted by Crippen LogP contribution is -2.61. The molecule has 1 aliphatic rings. The van der Waals surface area contributed by atoms with E-state index < -0.39 is 48.7 Å². The van der Waals surface area contributed by atoms with Gasteiger partial charge in [-0.3, -0.25) is 0 Å². The molecule has 0 N–H and O–H groups in total. The van der Waals surface area contributed by atoms with Crippen molar-refractivity contribution in [2.75, 3.05) is 17.5 Å². The van der Waals surface area contributed by atoms with Crippen LogP contribution in [0, 0.1) is 23.3 Å². The first kappa shape index (κ1) is 20.4. The molecule has 0 amide bonds. The largest absolute Gasteiger partial charge is 0.460 e. The van der Waals surface area contributed by atoms with Crippen LogP contribution in [0.1, 0.15) is 6.42 Å². The molecular weight excluding hydrogens is 458 g/mol. The zero-order valence-corrected chi connectivity index (χ0v) is 13.3. The molecule has 0 spiro atoms. The first-order valence-corrected chi connectivity index (χ1v) is 7.64. The van der Waals surface area contributed by atoms with Gasteiger partial charge in [0.05, 0.1) is 0 Å². The fourth-order valence-corrected chi connectivity index (χ4v) is 3.29. The predicted molar refractivity (Wildman–Crippen MR) is 68.6 cm³/mol. The number of likely N-dealkylation sites (tertiary alicyclic amines) is 1. The lowest BCUT2D eigenvalue weighted by molar-refractivity contribution is -0.397. The van der Waals surface area contributed by atoms with Crippen LogP contribution in [-0.4, -0.2) is 46.4 Å². The van der Waals surface area contributed by atoms with Crippen LogP contribution in [0.2, 0.25) is 0 Å². The van der Waals surface area contributed by atoms with E-state index in [-0.39, 0.29) is 11.0 Å². The minimum absolute atomic E-state index is 0.0403. The molecule has 12 heteroatoms. The number of nitrogens with zero attached hydrogens (tertiary/aromatic N) is 2. The van der Waals surface area contributed by atoms with Gasteiger partial charge in [-0.15, -0.1) is 0 Å². The summed E-state index contributed by atoms with van der Waals surface area (Å²) in [5.41, 5.74) is 0. The lowest BCUT2D eigenvalue weighted by atomic mass is 9.88. The van der Waals surface area contributed by atoms with E-state index in [9.17, 15) is 39.5 Å². The second-order valence-corrected chi connectivity index (χ2v) is 6.12. The molecule has 0 unspecified atom stereocenters. The molecule has 0 aromatic heterocycles. The molecule has 2 atom stereocenters. The van der Waals surface area contributed by atoms with Crippen LogP contribution in [0.3, 0.4) is 0 Å². The van der Waals surface area contributed by atoms with Crippen LogP contribution < -0.4 is 0 Å². The van der Waals surface area contributed by atoms with Crippen molar-refractivity contribution >= 4 is 22.6 Å². The van der Waals surface area contributed by atoms with Crippen molar-refractivity contribution in [2.24, 2.45) is 11.8 Å². The van der Waals surface area contributed by atoms with Crippen LogP contribution in [0.4, 0.5) is 39.5 Å². The Kier molecular flexibility index (Phi) is 5.65. The maximum absolute atomic E-state index is 13.6. The first-order chi connectivity index (χ1) is 10.2. The molecular formula is C11H10F9IN2. The summed E-state index contributed by atoms with van der Waals surface area (Å²) in [6.45, 7) is -0.436. The summed E-state index contributed by atoms with van der Waals surface area (Å²) in [6.07, 6.45) is -7.07. The van der Waals surface area contributed by atoms with Crippen molar-refractivity contribution in [1.29, 1.82) is 5.26 Å². The minimum Gasteiger partial charge on any atom is -0.310 e. The maximum Gasteiger partial charge on any atom is 0.460 e. The molecule has 0 radical (unpaired) electrons. The summed E-state index contributed by atoms with van der Waals surface area (Å²) < 4.78 is 115. The molecule has 0 aromatic carbocycles. The van der Waals surface area contributed by atoms with E-state index in [2.05, 4.69) is 0 Å². The summed E-state index contributed by atoms with van der Waals surface area (Å²) in [4.78, 5) is 0.976. The SMILES string of the molecule is N#CN1C[C@H](CI)[C@H](CC(F)(F)C(F)(F)C(F)(F)C(F)(F)F)C1. The molecule has 2 nitrogen and oxygen atoms in total. The smallest absolute Gasteiger partial charge is 0.310 e. The van der Waals surface area contributed by atoms with Crippen molar-refractivity contribution in [3.63, 3.8) is 0 Å². The van der Waals surface area contributed by atoms with Gasteiger partial charge in [-0.25, -0.2) is 0 Å². The Morgan fingerprint density at radius 2 is 1.39 bits per heavy atom. The molecule has 0 saturated carbocycles. The highest BCUT2D eigenvalue weighted by Gasteiger charge is 2.81. The fourth-order valence-electron chi connectivity index (χ4n) is 2.29. The van der Waals surface area contributed by atoms with E-state index >= 15 is 0 Å². The summed E-state index contributed by atoms with van der Waals surface area (Å²) in [7, 11) is 0. The lowest BCUT2D eigenvalue weighted by Gasteiger charge is -2.35. The van der Waals surface area contributed by atoms with Crippen LogP contribution in [0.15, 0.2) is 0 Å². The highest BCUT2D eigenvalue weighted by molar-refractivity contribution is 14.1. The number of hydrogen-bond acceptors (Lipinski definition) is 2. The Morgan fingerprint density at radius 1 is 0.913 bits per heavy atom. The third-order valence-corrected chi connectivity index (χ3v) is 4.78. The molecule has 1 saturated heterocycles. The van der Waals surface area contributed by atoms with Gasteiger partial charge in [0.2, 0.25) is 0 Å². The average molecular weight is 468 g/mol. The molecule has 134 valence electrons. The van der Waals surface area contributed by atoms with E-state index in [4.69, 9.17) is 5.26 Å². The van der Waals surface area contributed by atoms with Gasteiger partial charge in [0.25, 0.3) is 0 Å². The third-order valence-electron chi connectivity index (χ3n) is 3.64. The quantitative estimate of drug-likeness (QED) is 0.261. The van der Waals surface area contributed by atoms with Crippen LogP contribution in [0.5, 0.6) is 0 Å². The highest BCUT2D eigenvalue weighted by atomic mass is 127. The summed E-state index contributed by atoms with van der Waals surface area (Å²) >= 11 is 1.74. The predicted octanol–water partition coefficient (Wildman–Crippen LogP) is 4.31. The van der Waals surface area contributed by atoms with E-state index in [1.54, 1.807) is 28.8 Å². The van der Waals surface area contributed by atoms with Crippen molar-refractivity contribution in [2.45, 2.75) is 30.4 Å². The Bertz CT molecular complexity index is 471. The van der Waals surface area contributed by atoms with E-state index in [0.29, 0.717) is 0 Å². The molecule has 1 rings (SSSR count). The maximum atomic E-state index is 13.6. The highest BCUT2D eigenvalue weighted by Crippen LogP contribution is 2.55. The standard InChI is InChI=1S/C11H10F9IN2/c12-8(13,9(14,15)10(16,17)11(18,19)20)1-6-3-23(5-22)4-7(6)2-21/h6-7H,1-4H2/t6-,7+/m1/s1. The van der Waals surface area contributed by atoms with Crippen molar-refractivity contribution in [3.8, 4) is 6.19 Å². The molecule has 1 fully saturated rings. The van der Waals surface area contributed by atoms with Gasteiger partial charge in [-0.1, -0.05) is 22.6 Å². The second-order valence-electron chi connectivity index (χ2n) is 5.23. The van der Waals surface area contributed by atoms with Crippen LogP contribution in [0.25, 0.3) is 0 Å². The molecule has 1 aliphatic heterocycles. The summed E-state index contributed by atoms with van der Waals surface area (Å²) in [6, 6.07) is 0. The minimum atomic E-state index is -6.86. The summed E-state index contributed by atoms with van der Waals surface area (Å²) in [5.74, 6) is -21.0. The van der Waals surface area contributed by atoms with Crippen molar-refractivity contribution in [3.05, 3.63) is 0 Å². The number of rotatable bonds is 5. The second kappa shape index (κ2) is 6.36. The van der Waals surface area contributed by atoms with Gasteiger partial charge in [-0.05, 0) is 11.8 Å². The number of hydrogen-bond donors (Lipinski definition) is 0. The van der Waals surface area contributed by atoms with Crippen molar-refractivity contribution < 1.29 is 39.5 Å². The Morgan fingerprint density at radius 3 is 1.78 bits per heavy atom. The average Bonchev–Trinajstić information content (AvgIpc) is 2.78. The van der Waals surface area contributed by atoms with E-state index in [1.807, 2.05) is 0 Å². The number of alkyl halides is 10. The molecule has 0 bridgehead atoms. The third kappa shape index (κ3) is 3.58. The number of halogens is 10. The van der Waals surface area contributed by atoms with Gasteiger partial charge >= 0.3 is 23.9 Å². The van der Waals surface area contributed by atoms with Gasteiger partial charge in [0, 0.05) is 23.9 Å². The molecule has 23 heavy (non-hydrogen) atoms. The molecule has 1 heterocycles. The first-order valence-electron chi connectivity index (χ1n) is 6.12. The topological polar surface area (TPSA) is 27.0 Å². The molecule has 0 aliphatic carbocycles. The summed E-state index contributed by atoms with van der Waals surface area (Å²) in [5, 5.41) is 8.66. The monoisotopic (exact) mass is 468 g/mol. The van der Waals surface area contributed by atoms with Crippen LogP contribution >= 0.6 is 22.6 Å². The van der Waals surface area contributed by atoms with Crippen molar-refractivity contribution in [1.82, 2.24) is 4.90 Å². The van der Waals surface area contributed by atoms with E-state index in [0.717, 1.165) is 4.90 Å². The zero-order valence-electron chi connectivity index (χ0n) is 11.2. The van der Waals surface area contributed by atoms with Gasteiger partial charge in [-0.2, -0.15) is 44.8 Å². The molecule has 0 aromatic rings. The zero-order chi connectivity index (χ0) is 18.3. The van der Waals surface area contributed by atoms with Gasteiger partial charge < -0.3 is 4.90 Å².